The molecule has 1 aromatic heterocycles. The summed E-state index contributed by atoms with van der Waals surface area (Å²) in [5.41, 5.74) is 6.97. The number of morpholine rings is 1. The van der Waals surface area contributed by atoms with E-state index < -0.39 is 5.41 Å². The third-order valence-electron chi connectivity index (χ3n) is 8.60. The lowest BCUT2D eigenvalue weighted by Crippen LogP contribution is -2.44. The Hall–Kier alpha value is -3.62. The second kappa shape index (κ2) is 10.1. The number of anilines is 2. The van der Waals surface area contributed by atoms with Gasteiger partial charge in [-0.25, -0.2) is 4.68 Å². The summed E-state index contributed by atoms with van der Waals surface area (Å²) in [5, 5.41) is 4.71. The molecule has 1 saturated carbocycles. The molecule has 1 aliphatic carbocycles. The van der Waals surface area contributed by atoms with Gasteiger partial charge in [-0.05, 0) is 88.4 Å². The number of fused-ring (bicyclic) bond motifs is 2. The molecule has 3 aliphatic rings. The molecule has 4 aromatic rings. The van der Waals surface area contributed by atoms with E-state index in [9.17, 15) is 4.79 Å². The van der Waals surface area contributed by atoms with Crippen LogP contribution >= 0.6 is 15.9 Å². The second-order valence-corrected chi connectivity index (χ2v) is 11.6. The van der Waals surface area contributed by atoms with Gasteiger partial charge in [0.05, 0.1) is 55.5 Å². The molecule has 0 radical (unpaired) electrons. The van der Waals surface area contributed by atoms with Crippen LogP contribution in [0.4, 0.5) is 11.4 Å². The lowest BCUT2D eigenvalue weighted by atomic mass is 9.65. The SMILES string of the molecule is COc1ccc(CN2C(=O)C3(CCC3)c3cc(-c4ccnn4-c4cccc(N5CCOCC5)c4)cc(Br)c32)cc1. The molecule has 0 unspecified atom stereocenters. The van der Waals surface area contributed by atoms with Crippen molar-refractivity contribution in [2.45, 2.75) is 31.2 Å². The van der Waals surface area contributed by atoms with Crippen molar-refractivity contribution in [1.29, 1.82) is 0 Å². The fourth-order valence-corrected chi connectivity index (χ4v) is 6.98. The summed E-state index contributed by atoms with van der Waals surface area (Å²) >= 11 is 3.88. The van der Waals surface area contributed by atoms with Gasteiger partial charge in [-0.2, -0.15) is 5.10 Å². The molecule has 0 N–H and O–H groups in total. The molecule has 1 spiro atoms. The average molecular weight is 600 g/mol. The number of amides is 1. The van der Waals surface area contributed by atoms with Crippen molar-refractivity contribution >= 4 is 33.2 Å². The van der Waals surface area contributed by atoms with Crippen molar-refractivity contribution in [2.24, 2.45) is 0 Å². The van der Waals surface area contributed by atoms with Gasteiger partial charge in [0.15, 0.2) is 0 Å². The van der Waals surface area contributed by atoms with Crippen LogP contribution in [0.3, 0.4) is 0 Å². The van der Waals surface area contributed by atoms with Crippen LogP contribution in [-0.4, -0.2) is 49.1 Å². The number of ether oxygens (including phenoxy) is 2. The van der Waals surface area contributed by atoms with Crippen molar-refractivity contribution in [3.63, 3.8) is 0 Å². The maximum Gasteiger partial charge on any atom is 0.238 e. The molecule has 40 heavy (non-hydrogen) atoms. The van der Waals surface area contributed by atoms with Crippen LogP contribution < -0.4 is 14.5 Å². The van der Waals surface area contributed by atoms with Crippen LogP contribution in [0, 0.1) is 0 Å². The van der Waals surface area contributed by atoms with Crippen LogP contribution in [0.1, 0.15) is 30.4 Å². The zero-order valence-corrected chi connectivity index (χ0v) is 24.1. The van der Waals surface area contributed by atoms with Gasteiger partial charge < -0.3 is 19.3 Å². The third kappa shape index (κ3) is 4.12. The summed E-state index contributed by atoms with van der Waals surface area (Å²) in [6.45, 7) is 3.79. The van der Waals surface area contributed by atoms with E-state index in [1.54, 1.807) is 7.11 Å². The van der Waals surface area contributed by atoms with Crippen molar-refractivity contribution in [2.75, 3.05) is 43.2 Å². The van der Waals surface area contributed by atoms with Gasteiger partial charge in [-0.15, -0.1) is 0 Å². The first-order chi connectivity index (χ1) is 19.6. The number of nitrogens with zero attached hydrogens (tertiary/aromatic N) is 4. The highest BCUT2D eigenvalue weighted by Gasteiger charge is 2.55. The largest absolute Gasteiger partial charge is 0.497 e. The highest BCUT2D eigenvalue weighted by atomic mass is 79.9. The van der Waals surface area contributed by atoms with Gasteiger partial charge >= 0.3 is 0 Å². The molecular weight excluding hydrogens is 568 g/mol. The first-order valence-corrected chi connectivity index (χ1v) is 14.6. The normalized spacial score (nSPS) is 17.7. The summed E-state index contributed by atoms with van der Waals surface area (Å²) in [6.07, 6.45) is 4.68. The molecule has 8 heteroatoms. The Kier molecular flexibility index (Phi) is 6.40. The number of aromatic nitrogens is 2. The van der Waals surface area contributed by atoms with Crippen molar-refractivity contribution in [3.05, 3.63) is 88.5 Å². The maximum absolute atomic E-state index is 14.0. The van der Waals surface area contributed by atoms with E-state index in [1.165, 1.54) is 5.69 Å². The minimum absolute atomic E-state index is 0.203. The Morgan fingerprint density at radius 3 is 2.50 bits per heavy atom. The van der Waals surface area contributed by atoms with E-state index >= 15 is 0 Å². The van der Waals surface area contributed by atoms with E-state index in [1.807, 2.05) is 40.0 Å². The maximum atomic E-state index is 14.0. The Morgan fingerprint density at radius 2 is 1.77 bits per heavy atom. The molecule has 0 bridgehead atoms. The number of hydrogen-bond donors (Lipinski definition) is 0. The minimum Gasteiger partial charge on any atom is -0.497 e. The van der Waals surface area contributed by atoms with Crippen molar-refractivity contribution in [3.8, 4) is 22.7 Å². The standard InChI is InChI=1S/C32H31BrN4O3/c1-39-26-8-6-22(7-9-26)21-36-30-27(32(31(36)38)11-3-12-32)18-23(19-28(30)33)29-10-13-34-37(29)25-5-2-4-24(20-25)35-14-16-40-17-15-35/h2,4-10,13,18-20H,3,11-12,14-17,21H2,1H3. The summed E-state index contributed by atoms with van der Waals surface area (Å²) in [5.74, 6) is 1.01. The number of halogens is 1. The van der Waals surface area contributed by atoms with Crippen LogP contribution in [0.25, 0.3) is 16.9 Å². The predicted molar refractivity (Wildman–Crippen MR) is 159 cm³/mol. The lowest BCUT2D eigenvalue weighted by Gasteiger charge is -2.37. The highest BCUT2D eigenvalue weighted by molar-refractivity contribution is 9.10. The molecule has 2 aliphatic heterocycles. The van der Waals surface area contributed by atoms with E-state index in [-0.39, 0.29) is 5.91 Å². The number of hydrogen-bond acceptors (Lipinski definition) is 5. The molecule has 1 saturated heterocycles. The Labute approximate surface area is 242 Å². The minimum atomic E-state index is -0.443. The quantitative estimate of drug-likeness (QED) is 0.268. The number of benzene rings is 3. The smallest absolute Gasteiger partial charge is 0.238 e. The molecule has 1 amide bonds. The Bertz CT molecular complexity index is 1570. The molecule has 2 fully saturated rings. The van der Waals surface area contributed by atoms with Gasteiger partial charge in [0.1, 0.15) is 5.75 Å². The third-order valence-corrected chi connectivity index (χ3v) is 9.20. The highest BCUT2D eigenvalue weighted by Crippen LogP contribution is 2.56. The van der Waals surface area contributed by atoms with E-state index in [2.05, 4.69) is 63.3 Å². The summed E-state index contributed by atoms with van der Waals surface area (Å²) in [6, 6.07) is 22.9. The van der Waals surface area contributed by atoms with Crippen LogP contribution in [-0.2, 0) is 21.5 Å². The lowest BCUT2D eigenvalue weighted by molar-refractivity contribution is -0.126. The average Bonchev–Trinajstić information content (AvgIpc) is 3.55. The molecule has 7 rings (SSSR count). The Balaban J connectivity index is 1.26. The van der Waals surface area contributed by atoms with Crippen molar-refractivity contribution in [1.82, 2.24) is 9.78 Å². The molecule has 0 atom stereocenters. The van der Waals surface area contributed by atoms with E-state index in [0.717, 1.165) is 89.5 Å². The van der Waals surface area contributed by atoms with Crippen molar-refractivity contribution < 1.29 is 14.3 Å². The van der Waals surface area contributed by atoms with Gasteiger partial charge in [0, 0.05) is 28.8 Å². The summed E-state index contributed by atoms with van der Waals surface area (Å²) in [7, 11) is 1.66. The van der Waals surface area contributed by atoms with Gasteiger partial charge in [0.2, 0.25) is 5.91 Å². The summed E-state index contributed by atoms with van der Waals surface area (Å²) < 4.78 is 13.8. The molecule has 204 valence electrons. The summed E-state index contributed by atoms with van der Waals surface area (Å²) in [4.78, 5) is 18.3. The Morgan fingerprint density at radius 1 is 1.00 bits per heavy atom. The monoisotopic (exact) mass is 598 g/mol. The van der Waals surface area contributed by atoms with E-state index in [0.29, 0.717) is 6.54 Å². The van der Waals surface area contributed by atoms with Crippen LogP contribution in [0.5, 0.6) is 5.75 Å². The zero-order valence-electron chi connectivity index (χ0n) is 22.5. The van der Waals surface area contributed by atoms with Gasteiger partial charge in [-0.3, -0.25) is 4.79 Å². The number of methoxy groups -OCH3 is 1. The number of carbonyl (C=O) groups is 1. The van der Waals surface area contributed by atoms with Crippen LogP contribution in [0.15, 0.2) is 77.4 Å². The first kappa shape index (κ1) is 25.4. The van der Waals surface area contributed by atoms with Gasteiger partial charge in [-0.1, -0.05) is 24.6 Å². The van der Waals surface area contributed by atoms with Crippen LogP contribution in [0.2, 0.25) is 0 Å². The van der Waals surface area contributed by atoms with Gasteiger partial charge in [0.25, 0.3) is 0 Å². The molecule has 3 heterocycles. The zero-order chi connectivity index (χ0) is 27.3. The van der Waals surface area contributed by atoms with E-state index in [4.69, 9.17) is 14.6 Å². The molecular formula is C32H31BrN4O3. The molecule has 3 aromatic carbocycles. The number of carbonyl (C=O) groups excluding carboxylic acids is 1. The fraction of sp³-hybridized carbons (Fsp3) is 0.312. The number of rotatable bonds is 6. The molecule has 7 nitrogen and oxygen atoms in total. The first-order valence-electron chi connectivity index (χ1n) is 13.8. The fourth-order valence-electron chi connectivity index (χ4n) is 6.31. The predicted octanol–water partition coefficient (Wildman–Crippen LogP) is 6.12. The topological polar surface area (TPSA) is 59.8 Å². The second-order valence-electron chi connectivity index (χ2n) is 10.8.